The van der Waals surface area contributed by atoms with E-state index in [9.17, 15) is 5.11 Å². The second-order valence-electron chi connectivity index (χ2n) is 3.61. The van der Waals surface area contributed by atoms with E-state index in [0.29, 0.717) is 0 Å². The Balaban J connectivity index is 2.43. The van der Waals surface area contributed by atoms with Crippen molar-refractivity contribution < 1.29 is 5.11 Å². The second kappa shape index (κ2) is 4.11. The van der Waals surface area contributed by atoms with Gasteiger partial charge in [-0.25, -0.2) is 0 Å². The van der Waals surface area contributed by atoms with E-state index in [2.05, 4.69) is 6.58 Å². The van der Waals surface area contributed by atoms with Crippen LogP contribution in [0.5, 0.6) is 0 Å². The molecule has 2 nitrogen and oxygen atoms in total. The molecule has 0 radical (unpaired) electrons. The van der Waals surface area contributed by atoms with Crippen LogP contribution in [0.4, 0.5) is 5.69 Å². The lowest BCUT2D eigenvalue weighted by molar-refractivity contribution is 0.514. The van der Waals surface area contributed by atoms with Crippen molar-refractivity contribution in [2.45, 2.75) is 0 Å². The Morgan fingerprint density at radius 2 is 1.62 bits per heavy atom. The first-order valence-corrected chi connectivity index (χ1v) is 5.01. The summed E-state index contributed by atoms with van der Waals surface area (Å²) in [4.78, 5) is 0. The number of hydrogen-bond donors (Lipinski definition) is 2. The van der Waals surface area contributed by atoms with Crippen molar-refractivity contribution in [3.63, 3.8) is 0 Å². The minimum atomic E-state index is 0.0765. The van der Waals surface area contributed by atoms with Crippen molar-refractivity contribution >= 4 is 11.4 Å². The van der Waals surface area contributed by atoms with E-state index in [4.69, 9.17) is 5.73 Å². The summed E-state index contributed by atoms with van der Waals surface area (Å²) < 4.78 is 0. The molecule has 0 atom stereocenters. The molecule has 0 aromatic heterocycles. The zero-order valence-electron chi connectivity index (χ0n) is 8.85. The van der Waals surface area contributed by atoms with Gasteiger partial charge >= 0.3 is 0 Å². The summed E-state index contributed by atoms with van der Waals surface area (Å²) in [6, 6.07) is 15.2. The third-order valence-electron chi connectivity index (χ3n) is 2.49. The predicted octanol–water partition coefficient (Wildman–Crippen LogP) is 3.46. The molecule has 0 aliphatic rings. The molecule has 2 rings (SSSR count). The van der Waals surface area contributed by atoms with Crippen LogP contribution in [0.1, 0.15) is 5.56 Å². The summed E-state index contributed by atoms with van der Waals surface area (Å²) >= 11 is 0. The van der Waals surface area contributed by atoms with Gasteiger partial charge in [0, 0.05) is 16.8 Å². The van der Waals surface area contributed by atoms with Crippen LogP contribution in [0.2, 0.25) is 0 Å². The molecule has 0 heterocycles. The van der Waals surface area contributed by atoms with Gasteiger partial charge in [0.05, 0.1) is 0 Å². The zero-order chi connectivity index (χ0) is 11.5. The first kappa shape index (κ1) is 10.3. The molecule has 0 saturated carbocycles. The molecule has 3 N–H and O–H groups in total. The quantitative estimate of drug-likeness (QED) is 0.590. The highest BCUT2D eigenvalue weighted by atomic mass is 16.3. The lowest BCUT2D eigenvalue weighted by atomic mass is 10.0. The monoisotopic (exact) mass is 211 g/mol. The average Bonchev–Trinajstić information content (AvgIpc) is 2.30. The molecule has 0 fully saturated rings. The fourth-order valence-electron chi connectivity index (χ4n) is 1.60. The van der Waals surface area contributed by atoms with Crippen LogP contribution in [0.25, 0.3) is 16.9 Å². The molecule has 0 unspecified atom stereocenters. The van der Waals surface area contributed by atoms with Crippen molar-refractivity contribution in [1.29, 1.82) is 0 Å². The van der Waals surface area contributed by atoms with Crippen LogP contribution in [-0.4, -0.2) is 5.11 Å². The smallest absolute Gasteiger partial charge is 0.115 e. The van der Waals surface area contributed by atoms with Gasteiger partial charge in [0.1, 0.15) is 5.76 Å². The van der Waals surface area contributed by atoms with Crippen molar-refractivity contribution in [3.05, 3.63) is 60.7 Å². The van der Waals surface area contributed by atoms with E-state index in [1.165, 1.54) is 0 Å². The normalized spacial score (nSPS) is 10.0. The van der Waals surface area contributed by atoms with Crippen molar-refractivity contribution in [2.24, 2.45) is 0 Å². The fraction of sp³-hybridized carbons (Fsp3) is 0. The van der Waals surface area contributed by atoms with Crippen LogP contribution in [0.3, 0.4) is 0 Å². The molecule has 0 saturated heterocycles. The molecule has 0 spiro atoms. The van der Waals surface area contributed by atoms with Gasteiger partial charge in [-0.3, -0.25) is 0 Å². The zero-order valence-corrected chi connectivity index (χ0v) is 8.85. The Kier molecular flexibility index (Phi) is 2.64. The summed E-state index contributed by atoms with van der Waals surface area (Å²) in [5.41, 5.74) is 9.38. The number of benzene rings is 2. The number of hydrogen-bond acceptors (Lipinski definition) is 2. The maximum Gasteiger partial charge on any atom is 0.115 e. The van der Waals surface area contributed by atoms with E-state index < -0.39 is 0 Å². The fourth-order valence-corrected chi connectivity index (χ4v) is 1.60. The van der Waals surface area contributed by atoms with Crippen LogP contribution in [0.15, 0.2) is 55.1 Å². The van der Waals surface area contributed by atoms with Gasteiger partial charge in [-0.05, 0) is 11.6 Å². The van der Waals surface area contributed by atoms with Crippen LogP contribution >= 0.6 is 0 Å². The summed E-state index contributed by atoms with van der Waals surface area (Å²) in [5.74, 6) is 0.0765. The summed E-state index contributed by atoms with van der Waals surface area (Å²) in [5, 5.41) is 9.22. The minimum Gasteiger partial charge on any atom is -0.508 e. The highest BCUT2D eigenvalue weighted by Gasteiger charge is 2.02. The van der Waals surface area contributed by atoms with Crippen LogP contribution < -0.4 is 5.73 Å². The topological polar surface area (TPSA) is 46.2 Å². The summed E-state index contributed by atoms with van der Waals surface area (Å²) in [7, 11) is 0. The average molecular weight is 211 g/mol. The number of aliphatic hydroxyl groups excluding tert-OH is 1. The summed E-state index contributed by atoms with van der Waals surface area (Å²) in [6.07, 6.45) is 0. The minimum absolute atomic E-state index is 0.0765. The maximum absolute atomic E-state index is 9.22. The van der Waals surface area contributed by atoms with Gasteiger partial charge < -0.3 is 10.8 Å². The predicted molar refractivity (Wildman–Crippen MR) is 68.0 cm³/mol. The van der Waals surface area contributed by atoms with E-state index in [1.807, 2.05) is 48.5 Å². The molecule has 2 aromatic rings. The van der Waals surface area contributed by atoms with E-state index in [-0.39, 0.29) is 5.76 Å². The molecule has 0 bridgehead atoms. The lowest BCUT2D eigenvalue weighted by Gasteiger charge is -2.06. The Bertz CT molecular complexity index is 515. The van der Waals surface area contributed by atoms with Gasteiger partial charge in [-0.15, -0.1) is 0 Å². The van der Waals surface area contributed by atoms with E-state index >= 15 is 0 Å². The molecular formula is C14H13NO. The standard InChI is InChI=1S/C14H13NO/c1-10(16)11-6-8-12(9-7-11)13-4-2-3-5-14(13)15/h2-9,16H,1,15H2. The number of anilines is 1. The largest absolute Gasteiger partial charge is 0.508 e. The first-order valence-electron chi connectivity index (χ1n) is 5.01. The first-order chi connectivity index (χ1) is 7.68. The SMILES string of the molecule is C=C(O)c1ccc(-c2ccccc2N)cc1. The van der Waals surface area contributed by atoms with E-state index in [1.54, 1.807) is 0 Å². The summed E-state index contributed by atoms with van der Waals surface area (Å²) in [6.45, 7) is 3.48. The van der Waals surface area contributed by atoms with Crippen LogP contribution in [0, 0.1) is 0 Å². The van der Waals surface area contributed by atoms with Gasteiger partial charge in [-0.1, -0.05) is 49.0 Å². The third kappa shape index (κ3) is 1.91. The highest BCUT2D eigenvalue weighted by molar-refractivity contribution is 5.77. The number of para-hydroxylation sites is 1. The van der Waals surface area contributed by atoms with Gasteiger partial charge in [0.25, 0.3) is 0 Å². The van der Waals surface area contributed by atoms with Gasteiger partial charge in [0.2, 0.25) is 0 Å². The molecule has 2 heteroatoms. The Morgan fingerprint density at radius 3 is 2.19 bits per heavy atom. The Morgan fingerprint density at radius 1 is 1.00 bits per heavy atom. The van der Waals surface area contributed by atoms with Crippen LogP contribution in [-0.2, 0) is 0 Å². The highest BCUT2D eigenvalue weighted by Crippen LogP contribution is 2.26. The number of nitrogen functional groups attached to an aromatic ring is 1. The second-order valence-corrected chi connectivity index (χ2v) is 3.61. The number of aliphatic hydroxyl groups is 1. The van der Waals surface area contributed by atoms with E-state index in [0.717, 1.165) is 22.4 Å². The third-order valence-corrected chi connectivity index (χ3v) is 2.49. The van der Waals surface area contributed by atoms with Crippen molar-refractivity contribution in [3.8, 4) is 11.1 Å². The molecular weight excluding hydrogens is 198 g/mol. The van der Waals surface area contributed by atoms with Crippen molar-refractivity contribution in [1.82, 2.24) is 0 Å². The molecule has 80 valence electrons. The Hall–Kier alpha value is -2.22. The maximum atomic E-state index is 9.22. The molecule has 0 aliphatic carbocycles. The number of rotatable bonds is 2. The van der Waals surface area contributed by atoms with Gasteiger partial charge in [-0.2, -0.15) is 0 Å². The molecule has 16 heavy (non-hydrogen) atoms. The Labute approximate surface area is 94.7 Å². The molecule has 2 aromatic carbocycles. The van der Waals surface area contributed by atoms with Gasteiger partial charge in [0.15, 0.2) is 0 Å². The number of nitrogens with two attached hydrogens (primary N) is 1. The lowest BCUT2D eigenvalue weighted by Crippen LogP contribution is -1.89. The molecule has 0 amide bonds. The molecule has 0 aliphatic heterocycles. The van der Waals surface area contributed by atoms with Crippen molar-refractivity contribution in [2.75, 3.05) is 5.73 Å².